The number of likely N-dealkylation sites (N-methyl/N-ethyl adjacent to an activating group) is 6. The van der Waals surface area contributed by atoms with Crippen molar-refractivity contribution < 1.29 is 102 Å². The third kappa shape index (κ3) is 21.9. The van der Waals surface area contributed by atoms with Gasteiger partial charge in [-0.05, 0) is 158 Å². The van der Waals surface area contributed by atoms with Crippen molar-refractivity contribution in [3.63, 3.8) is 0 Å². The van der Waals surface area contributed by atoms with Gasteiger partial charge in [0.15, 0.2) is 0 Å². The van der Waals surface area contributed by atoms with Gasteiger partial charge in [0.05, 0.1) is 44.7 Å². The maximum atomic E-state index is 15.8. The Hall–Kier alpha value is -7.00. The van der Waals surface area contributed by atoms with E-state index in [-0.39, 0.29) is 129 Å². The molecule has 8 fully saturated rings. The summed E-state index contributed by atoms with van der Waals surface area (Å²) in [5.74, 6) is -16.8. The third-order valence-electron chi connectivity index (χ3n) is 25.3. The van der Waals surface area contributed by atoms with Crippen molar-refractivity contribution in [2.45, 2.75) is 280 Å². The second kappa shape index (κ2) is 39.6. The van der Waals surface area contributed by atoms with Crippen LogP contribution in [0, 0.1) is 41.4 Å². The van der Waals surface area contributed by atoms with Crippen molar-refractivity contribution in [1.29, 1.82) is 0 Å². The first-order valence-electron chi connectivity index (χ1n) is 40.7. The van der Waals surface area contributed by atoms with E-state index in [9.17, 15) is 40.7 Å². The smallest absolute Gasteiger partial charge is 0.378 e. The van der Waals surface area contributed by atoms with Gasteiger partial charge in [0, 0.05) is 75.1 Å². The highest BCUT2D eigenvalue weighted by atomic mass is 19.4. The number of morpholine rings is 1. The number of hydrogen-bond acceptors (Lipinski definition) is 14. The number of carbonyl (C=O) groups is 12. The van der Waals surface area contributed by atoms with Crippen molar-refractivity contribution in [2.24, 2.45) is 41.4 Å². The summed E-state index contributed by atoms with van der Waals surface area (Å²) < 4.78 is 128. The summed E-state index contributed by atoms with van der Waals surface area (Å²) in [5, 5.41) is 8.51. The van der Waals surface area contributed by atoms with Gasteiger partial charge in [0.1, 0.15) is 72.1 Å². The van der Waals surface area contributed by atoms with Crippen LogP contribution >= 0.6 is 0 Å². The number of unbranched alkanes of at least 4 members (excludes halogenated alkanes) is 1. The minimum absolute atomic E-state index is 0.00795. The summed E-state index contributed by atoms with van der Waals surface area (Å²) in [4.78, 5) is 194. The molecule has 4 aliphatic heterocycles. The maximum Gasteiger partial charge on any atom is 0.397 e. The van der Waals surface area contributed by atoms with Crippen LogP contribution in [0.3, 0.4) is 0 Å². The van der Waals surface area contributed by atoms with Gasteiger partial charge in [-0.25, -0.2) is 8.78 Å². The Morgan fingerprint density at radius 2 is 1.22 bits per heavy atom. The first kappa shape index (κ1) is 90.5. The van der Waals surface area contributed by atoms with E-state index in [0.29, 0.717) is 57.8 Å². The molecule has 8 rings (SSSR count). The van der Waals surface area contributed by atoms with Crippen LogP contribution in [0.5, 0.6) is 0 Å². The van der Waals surface area contributed by atoms with Gasteiger partial charge >= 0.3 is 12.4 Å². The van der Waals surface area contributed by atoms with E-state index in [4.69, 9.17) is 9.47 Å². The maximum absolute atomic E-state index is 15.8. The number of ether oxygens (including phenoxy) is 2. The molecule has 0 aromatic carbocycles. The summed E-state index contributed by atoms with van der Waals surface area (Å²) >= 11 is 0. The number of hydrogen-bond donors (Lipinski definition) is 3. The molecule has 3 N–H and O–H groups in total. The highest BCUT2D eigenvalue weighted by Gasteiger charge is 2.57. The number of alkyl halides is 8. The summed E-state index contributed by atoms with van der Waals surface area (Å²) in [5.41, 5.74) is -1.72. The van der Waals surface area contributed by atoms with E-state index < -0.39 is 230 Å². The number of amides is 12. The lowest BCUT2D eigenvalue weighted by Crippen LogP contribution is -2.69. The summed E-state index contributed by atoms with van der Waals surface area (Å²) in [6, 6.07) is -11.4. The number of carbonyl (C=O) groups excluding carboxylic acids is 12. The normalized spacial score (nSPS) is 31.9. The van der Waals surface area contributed by atoms with Crippen LogP contribution in [-0.4, -0.2) is 301 Å². The van der Waals surface area contributed by atoms with Crippen LogP contribution < -0.4 is 16.0 Å². The first-order chi connectivity index (χ1) is 52.7. The van der Waals surface area contributed by atoms with Crippen LogP contribution in [0.25, 0.3) is 0 Å². The predicted molar refractivity (Wildman–Crippen MR) is 395 cm³/mol. The molecule has 4 saturated carbocycles. The minimum atomic E-state index is -5.22. The molecule has 8 aliphatic rings. The second-order valence-electron chi connectivity index (χ2n) is 33.6. The van der Waals surface area contributed by atoms with E-state index in [2.05, 4.69) is 16.0 Å². The van der Waals surface area contributed by atoms with Gasteiger partial charge in [-0.3, -0.25) is 57.5 Å². The highest BCUT2D eigenvalue weighted by Crippen LogP contribution is 2.46. The molecule has 2 unspecified atom stereocenters. The van der Waals surface area contributed by atoms with Gasteiger partial charge in [-0.1, -0.05) is 60.3 Å². The molecule has 4 aliphatic carbocycles. The Balaban J connectivity index is 1.21. The Kier molecular flexibility index (Phi) is 32.0. The number of halogens is 8. The Morgan fingerprint density at radius 3 is 1.80 bits per heavy atom. The quantitative estimate of drug-likeness (QED) is 0.113. The van der Waals surface area contributed by atoms with Crippen molar-refractivity contribution >= 4 is 70.9 Å². The zero-order valence-corrected chi connectivity index (χ0v) is 67.2. The fraction of sp³-hybridized carbons (Fsp3) is 0.846. The molecule has 1 spiro atoms. The van der Waals surface area contributed by atoms with Crippen LogP contribution in [-0.2, 0) is 67.0 Å². The van der Waals surface area contributed by atoms with Crippen LogP contribution in [0.4, 0.5) is 35.1 Å². The molecule has 0 aromatic rings. The molecule has 26 nitrogen and oxygen atoms in total. The largest absolute Gasteiger partial charge is 0.397 e. The van der Waals surface area contributed by atoms with Gasteiger partial charge in [-0.15, -0.1) is 0 Å². The molecule has 634 valence electrons. The van der Waals surface area contributed by atoms with Crippen LogP contribution in [0.1, 0.15) is 195 Å². The van der Waals surface area contributed by atoms with E-state index in [0.717, 1.165) is 19.6 Å². The number of nitrogens with one attached hydrogen (secondary N) is 3. The van der Waals surface area contributed by atoms with Crippen molar-refractivity contribution in [3.8, 4) is 0 Å². The highest BCUT2D eigenvalue weighted by molar-refractivity contribution is 6.01. The standard InChI is InChI=1S/C78H122F8N12O14/c1-12-14-36-112-59-29-33-98-66(59)68(103)89-76(30-19-31-76)75(110)95(11)65(50-20-15-16-21-50)74(109)94(10)57(71(106)96-34-37-111-38-35-96)43-61(100)93(9)56(39-46(3)4)67(102)88-64(47(5)13-2)73(108)91(7)45-62(101)92(8)55-22-17-18-32-97(72(55)107)58(42-48-23-26-51(27-24-48)77(81,82)83)70(105)90(6)44-60(99)87-54(69(98)104)28-25-49-40-52(79)63(53(80)41-49)78(84,85)86/h46-59,63-66H,12-45H2,1-11H3,(H,87,99)(H,88,102)(H,89,103)/t47-,48?,49?,51?,52?,53?,54-,55-,56-,57-,58-,59-,63?,64-,65-,66-/m0/s1. The fourth-order valence-electron chi connectivity index (χ4n) is 18.0. The summed E-state index contributed by atoms with van der Waals surface area (Å²) in [7, 11) is 8.11. The van der Waals surface area contributed by atoms with Gasteiger partial charge < -0.3 is 69.5 Å². The van der Waals surface area contributed by atoms with E-state index in [1.807, 2.05) is 20.8 Å². The molecule has 12 amide bonds. The van der Waals surface area contributed by atoms with E-state index in [1.165, 1.54) is 66.8 Å². The van der Waals surface area contributed by atoms with Crippen molar-refractivity contribution in [3.05, 3.63) is 0 Å². The average Bonchev–Trinajstić information content (AvgIpc) is 1.13. The number of rotatable bonds is 15. The molecule has 112 heavy (non-hydrogen) atoms. The SMILES string of the molecule is CCCCO[C@H]1CCN2C(=O)[C@H](CCC3CC(F)C(C(F)(F)F)C(F)C3)NC(=O)CN(C)C(=O)[C@H](CC3CCC(C(F)(F)F)CC3)N3CCCC[C@@H](C3=O)N(C)C(=O)CN(C)C(=O)[C@H]([C@@H](C)CC)NC(=O)[C@H](CC(C)C)N(C)C(=O)C[C@@H](C(=O)N3CCOCC3)N(C)C(=O)[C@H](C3CCCC3)N(C)C(=O)C3(CCC3)NC(=O)[C@H]12. The van der Waals surface area contributed by atoms with Crippen LogP contribution in [0.2, 0.25) is 0 Å². The summed E-state index contributed by atoms with van der Waals surface area (Å²) in [6.07, 6.45) is -14.8. The van der Waals surface area contributed by atoms with Gasteiger partial charge in [-0.2, -0.15) is 26.3 Å². The molecule has 4 saturated heterocycles. The minimum Gasteiger partial charge on any atom is -0.378 e. The molecule has 0 aromatic heterocycles. The fourth-order valence-corrected chi connectivity index (χ4v) is 18.0. The molecule has 2 bridgehead atoms. The molecular weight excluding hydrogens is 1480 g/mol. The zero-order chi connectivity index (χ0) is 82.6. The number of nitrogens with zero attached hydrogens (tertiary/aromatic N) is 9. The summed E-state index contributed by atoms with van der Waals surface area (Å²) in [6.45, 7) is 7.87. The monoisotopic (exact) mass is 1600 g/mol. The van der Waals surface area contributed by atoms with Crippen LogP contribution in [0.15, 0.2) is 0 Å². The Morgan fingerprint density at radius 1 is 0.598 bits per heavy atom. The van der Waals surface area contributed by atoms with Gasteiger partial charge in [0.2, 0.25) is 70.9 Å². The second-order valence-corrected chi connectivity index (χ2v) is 33.6. The lowest BCUT2D eigenvalue weighted by atomic mass is 9.74. The Bertz CT molecular complexity index is 3280. The van der Waals surface area contributed by atoms with E-state index in [1.54, 1.807) is 13.8 Å². The number of fused-ring (bicyclic) bond motifs is 3. The first-order valence-corrected chi connectivity index (χ1v) is 40.7. The van der Waals surface area contributed by atoms with Crippen molar-refractivity contribution in [1.82, 2.24) is 60.0 Å². The molecular formula is C78H122F8N12O14. The van der Waals surface area contributed by atoms with Crippen molar-refractivity contribution in [2.75, 3.05) is 101 Å². The molecule has 12 atom stereocenters. The van der Waals surface area contributed by atoms with E-state index >= 15 is 51.9 Å². The Labute approximate surface area is 653 Å². The lowest BCUT2D eigenvalue weighted by Gasteiger charge is -2.47. The topological polar surface area (TPSA) is 289 Å². The average molecular weight is 1600 g/mol. The third-order valence-corrected chi connectivity index (χ3v) is 25.3. The molecule has 4 heterocycles. The lowest BCUT2D eigenvalue weighted by molar-refractivity contribution is -0.219. The predicted octanol–water partition coefficient (Wildman–Crippen LogP) is 6.74. The molecule has 34 heteroatoms. The zero-order valence-electron chi connectivity index (χ0n) is 67.2. The van der Waals surface area contributed by atoms with Gasteiger partial charge in [0.25, 0.3) is 0 Å². The molecule has 0 radical (unpaired) electrons.